The van der Waals surface area contributed by atoms with Crippen molar-refractivity contribution in [2.24, 2.45) is 5.92 Å². The van der Waals surface area contributed by atoms with Crippen LogP contribution in [0.25, 0.3) is 0 Å². The van der Waals surface area contributed by atoms with E-state index in [9.17, 15) is 14.7 Å². The van der Waals surface area contributed by atoms with Crippen molar-refractivity contribution in [3.63, 3.8) is 0 Å². The Labute approximate surface area is 128 Å². The van der Waals surface area contributed by atoms with Crippen LogP contribution in [0.15, 0.2) is 10.6 Å². The van der Waals surface area contributed by atoms with Gasteiger partial charge >= 0.3 is 5.97 Å². The van der Waals surface area contributed by atoms with Crippen LogP contribution in [-0.4, -0.2) is 70.1 Å². The molecule has 2 N–H and O–H groups in total. The lowest BCUT2D eigenvalue weighted by atomic mass is 9.94. The van der Waals surface area contributed by atoms with Crippen LogP contribution in [0.1, 0.15) is 19.3 Å². The smallest absolute Gasteiger partial charge is 0.353 e. The Balaban J connectivity index is 1.82. The number of likely N-dealkylation sites (tertiary alicyclic amines) is 1. The van der Waals surface area contributed by atoms with E-state index in [1.807, 2.05) is 0 Å². The summed E-state index contributed by atoms with van der Waals surface area (Å²) in [5.41, 5.74) is 0.176. The number of hydrogen-bond donors (Lipinski definition) is 2. The van der Waals surface area contributed by atoms with Gasteiger partial charge in [-0.3, -0.25) is 9.69 Å². The van der Waals surface area contributed by atoms with E-state index in [-0.39, 0.29) is 29.5 Å². The predicted octanol–water partition coefficient (Wildman–Crippen LogP) is 0.437. The van der Waals surface area contributed by atoms with Crippen molar-refractivity contribution >= 4 is 23.6 Å². The standard InChI is InChI=1S/C14H20N2O4S/c1-16(5-2-3-6-16)8-10-11(14(19)20)15-12(18)9(4-7-17)13(15)21-10/h9,13,17H,2-8H2,1H3/p+1/t9-,13+/m0/s1. The first kappa shape index (κ1) is 14.9. The molecule has 0 aliphatic carbocycles. The zero-order chi connectivity index (χ0) is 15.2. The highest BCUT2D eigenvalue weighted by molar-refractivity contribution is 8.04. The van der Waals surface area contributed by atoms with Crippen LogP contribution in [0.2, 0.25) is 0 Å². The van der Waals surface area contributed by atoms with Crippen molar-refractivity contribution in [1.82, 2.24) is 4.90 Å². The van der Waals surface area contributed by atoms with Gasteiger partial charge in [0.1, 0.15) is 12.2 Å². The summed E-state index contributed by atoms with van der Waals surface area (Å²) in [5, 5.41) is 18.4. The summed E-state index contributed by atoms with van der Waals surface area (Å²) >= 11 is 1.51. The van der Waals surface area contributed by atoms with Crippen molar-refractivity contribution in [2.75, 3.05) is 33.3 Å². The van der Waals surface area contributed by atoms with E-state index in [4.69, 9.17) is 5.11 Å². The van der Waals surface area contributed by atoms with Gasteiger partial charge in [0, 0.05) is 19.4 Å². The van der Waals surface area contributed by atoms with Crippen molar-refractivity contribution in [3.05, 3.63) is 10.6 Å². The third kappa shape index (κ3) is 2.37. The number of thioether (sulfide) groups is 1. The summed E-state index contributed by atoms with van der Waals surface area (Å²) in [6.45, 7) is 2.79. The number of quaternary nitrogens is 1. The Bertz CT molecular complexity index is 513. The summed E-state index contributed by atoms with van der Waals surface area (Å²) in [6.07, 6.45) is 2.77. The second-order valence-electron chi connectivity index (χ2n) is 6.34. The average molecular weight is 313 g/mol. The molecule has 3 rings (SSSR count). The second kappa shape index (κ2) is 5.30. The molecule has 3 aliphatic heterocycles. The zero-order valence-electron chi connectivity index (χ0n) is 12.1. The largest absolute Gasteiger partial charge is 0.477 e. The van der Waals surface area contributed by atoms with Crippen molar-refractivity contribution in [3.8, 4) is 0 Å². The van der Waals surface area contributed by atoms with Crippen LogP contribution in [0, 0.1) is 5.92 Å². The lowest BCUT2D eigenvalue weighted by molar-refractivity contribution is -0.892. The molecule has 2 fully saturated rings. The molecule has 0 bridgehead atoms. The fraction of sp³-hybridized carbons (Fsp3) is 0.714. The molecular formula is C14H21N2O4S+. The highest BCUT2D eigenvalue weighted by Crippen LogP contribution is 2.50. The molecule has 2 saturated heterocycles. The Hall–Kier alpha value is -1.05. The maximum Gasteiger partial charge on any atom is 0.353 e. The number of rotatable bonds is 5. The number of aliphatic hydroxyl groups excluding tert-OH is 1. The first-order valence-electron chi connectivity index (χ1n) is 7.37. The van der Waals surface area contributed by atoms with Crippen molar-refractivity contribution < 1.29 is 24.3 Å². The van der Waals surface area contributed by atoms with Crippen LogP contribution in [0.5, 0.6) is 0 Å². The first-order chi connectivity index (χ1) is 9.97. The number of carbonyl (C=O) groups is 2. The molecule has 0 aromatic carbocycles. The summed E-state index contributed by atoms with van der Waals surface area (Å²) < 4.78 is 0.860. The number of hydrogen-bond acceptors (Lipinski definition) is 4. The fourth-order valence-corrected chi connectivity index (χ4v) is 5.28. The van der Waals surface area contributed by atoms with Gasteiger partial charge in [0.05, 0.1) is 36.3 Å². The number of fused-ring (bicyclic) bond motifs is 1. The molecular weight excluding hydrogens is 292 g/mol. The van der Waals surface area contributed by atoms with Gasteiger partial charge < -0.3 is 14.7 Å². The number of aliphatic carboxylic acids is 1. The molecule has 116 valence electrons. The molecule has 0 aromatic heterocycles. The molecule has 3 aliphatic rings. The van der Waals surface area contributed by atoms with Gasteiger partial charge in [0.15, 0.2) is 0 Å². The highest BCUT2D eigenvalue weighted by Gasteiger charge is 2.56. The van der Waals surface area contributed by atoms with Gasteiger partial charge in [-0.1, -0.05) is 11.8 Å². The minimum Gasteiger partial charge on any atom is -0.477 e. The van der Waals surface area contributed by atoms with Crippen LogP contribution in [0.3, 0.4) is 0 Å². The number of likely N-dealkylation sites (N-methyl/N-ethyl adjacent to an activating group) is 1. The third-order valence-corrected chi connectivity index (χ3v) is 6.12. The fourth-order valence-electron chi connectivity index (χ4n) is 3.58. The maximum atomic E-state index is 12.1. The SMILES string of the molecule is C[N+]1(CC2=C(C(=O)O)N3C(=O)[C@H](CCO)[C@H]3S2)CCCC1. The molecule has 1 amide bonds. The monoisotopic (exact) mass is 313 g/mol. The van der Waals surface area contributed by atoms with Gasteiger partial charge in [-0.2, -0.15) is 0 Å². The molecule has 7 heteroatoms. The van der Waals surface area contributed by atoms with E-state index in [1.54, 1.807) is 0 Å². The first-order valence-corrected chi connectivity index (χ1v) is 8.25. The molecule has 0 saturated carbocycles. The molecule has 0 radical (unpaired) electrons. The Morgan fingerprint density at radius 1 is 1.43 bits per heavy atom. The van der Waals surface area contributed by atoms with Gasteiger partial charge in [0.2, 0.25) is 5.91 Å². The summed E-state index contributed by atoms with van der Waals surface area (Å²) in [4.78, 5) is 25.9. The molecule has 0 spiro atoms. The van der Waals surface area contributed by atoms with Gasteiger partial charge in [-0.25, -0.2) is 4.79 Å². The third-order valence-electron chi connectivity index (χ3n) is 4.74. The van der Waals surface area contributed by atoms with Crippen LogP contribution < -0.4 is 0 Å². The van der Waals surface area contributed by atoms with Gasteiger partial charge in [0.25, 0.3) is 0 Å². The molecule has 21 heavy (non-hydrogen) atoms. The Kier molecular flexibility index (Phi) is 3.75. The van der Waals surface area contributed by atoms with E-state index in [2.05, 4.69) is 7.05 Å². The van der Waals surface area contributed by atoms with E-state index in [0.717, 1.165) is 22.5 Å². The molecule has 0 aromatic rings. The maximum absolute atomic E-state index is 12.1. The van der Waals surface area contributed by atoms with Crippen LogP contribution in [0.4, 0.5) is 0 Å². The molecule has 6 nitrogen and oxygen atoms in total. The van der Waals surface area contributed by atoms with Crippen molar-refractivity contribution in [1.29, 1.82) is 0 Å². The number of aliphatic hydroxyl groups is 1. The summed E-state index contributed by atoms with van der Waals surface area (Å²) in [7, 11) is 2.16. The normalized spacial score (nSPS) is 30.6. The van der Waals surface area contributed by atoms with E-state index >= 15 is 0 Å². The van der Waals surface area contributed by atoms with Gasteiger partial charge in [-0.15, -0.1) is 0 Å². The van der Waals surface area contributed by atoms with Gasteiger partial charge in [-0.05, 0) is 6.42 Å². The lowest BCUT2D eigenvalue weighted by Gasteiger charge is -2.42. The zero-order valence-corrected chi connectivity index (χ0v) is 12.9. The average Bonchev–Trinajstić information content (AvgIpc) is 2.99. The highest BCUT2D eigenvalue weighted by atomic mass is 32.2. The Morgan fingerprint density at radius 2 is 2.10 bits per heavy atom. The van der Waals surface area contributed by atoms with Crippen LogP contribution >= 0.6 is 11.8 Å². The number of nitrogens with zero attached hydrogens (tertiary/aromatic N) is 2. The van der Waals surface area contributed by atoms with E-state index in [1.165, 1.54) is 29.5 Å². The molecule has 2 atom stereocenters. The summed E-state index contributed by atoms with van der Waals surface area (Å²) in [5.74, 6) is -1.41. The number of carbonyl (C=O) groups excluding carboxylic acids is 1. The Morgan fingerprint density at radius 3 is 2.67 bits per heavy atom. The predicted molar refractivity (Wildman–Crippen MR) is 78.1 cm³/mol. The van der Waals surface area contributed by atoms with Crippen molar-refractivity contribution in [2.45, 2.75) is 24.6 Å². The number of carboxylic acid groups (broad SMARTS) is 1. The number of β-lactam (4-membered cyclic amide) rings is 1. The lowest BCUT2D eigenvalue weighted by Crippen LogP contribution is -2.57. The van der Waals surface area contributed by atoms with E-state index in [0.29, 0.717) is 13.0 Å². The topological polar surface area (TPSA) is 77.8 Å². The minimum atomic E-state index is -1.01. The minimum absolute atomic E-state index is 0.0349. The quantitative estimate of drug-likeness (QED) is 0.569. The summed E-state index contributed by atoms with van der Waals surface area (Å²) in [6, 6.07) is 0. The van der Waals surface area contributed by atoms with E-state index < -0.39 is 5.97 Å². The number of amides is 1. The van der Waals surface area contributed by atoms with Crippen LogP contribution in [-0.2, 0) is 9.59 Å². The molecule has 0 unspecified atom stereocenters. The second-order valence-corrected chi connectivity index (χ2v) is 7.56. The number of carboxylic acids is 1. The molecule has 3 heterocycles.